The molecule has 0 amide bonds. The van der Waals surface area contributed by atoms with E-state index in [9.17, 15) is 8.42 Å². The number of rotatable bonds is 9. The first-order chi connectivity index (χ1) is 16.9. The average Bonchev–Trinajstić information content (AvgIpc) is 3.34. The number of nitrogens with two attached hydrogens (primary N) is 1. The molecule has 0 unspecified atom stereocenters. The molecule has 3 N–H and O–H groups in total. The molecule has 0 atom stereocenters. The summed E-state index contributed by atoms with van der Waals surface area (Å²) in [7, 11) is -2.29. The van der Waals surface area contributed by atoms with Crippen LogP contribution in [0.3, 0.4) is 0 Å². The lowest BCUT2D eigenvalue weighted by Gasteiger charge is -2.16. The molecule has 1 heterocycles. The maximum atomic E-state index is 13.6. The SMILES string of the molecule is COCOc1c(-c2ccccc2)cccc1-c1cccc(S(=O)(=O)c2cc(C(=N)N)sc2SC)c1. The Labute approximate surface area is 213 Å². The number of nitrogen functional groups attached to an aromatic ring is 1. The summed E-state index contributed by atoms with van der Waals surface area (Å²) in [6, 6.07) is 23.9. The van der Waals surface area contributed by atoms with Crippen molar-refractivity contribution in [3.05, 3.63) is 83.7 Å². The molecule has 0 aliphatic heterocycles. The Balaban J connectivity index is 1.85. The molecule has 9 heteroatoms. The minimum Gasteiger partial charge on any atom is -0.466 e. The smallest absolute Gasteiger partial charge is 0.208 e. The third-order valence-electron chi connectivity index (χ3n) is 5.28. The van der Waals surface area contributed by atoms with E-state index in [0.717, 1.165) is 16.7 Å². The zero-order valence-corrected chi connectivity index (χ0v) is 21.6. The number of ether oxygens (including phenoxy) is 2. The lowest BCUT2D eigenvalue weighted by molar-refractivity contribution is 0.0519. The van der Waals surface area contributed by atoms with E-state index in [0.29, 0.717) is 20.4 Å². The van der Waals surface area contributed by atoms with Crippen LogP contribution in [0.4, 0.5) is 0 Å². The van der Waals surface area contributed by atoms with Crippen molar-refractivity contribution >= 4 is 38.8 Å². The van der Waals surface area contributed by atoms with E-state index in [1.54, 1.807) is 31.6 Å². The second kappa shape index (κ2) is 10.7. The van der Waals surface area contributed by atoms with Gasteiger partial charge in [0.25, 0.3) is 0 Å². The fourth-order valence-corrected chi connectivity index (χ4v) is 7.56. The maximum absolute atomic E-state index is 13.6. The number of sulfone groups is 1. The van der Waals surface area contributed by atoms with Crippen LogP contribution in [0.1, 0.15) is 4.88 Å². The van der Waals surface area contributed by atoms with E-state index in [1.807, 2.05) is 54.6 Å². The summed E-state index contributed by atoms with van der Waals surface area (Å²) in [5, 5.41) is 7.71. The molecule has 0 aliphatic carbocycles. The van der Waals surface area contributed by atoms with Gasteiger partial charge in [-0.15, -0.1) is 23.1 Å². The minimum atomic E-state index is -3.85. The summed E-state index contributed by atoms with van der Waals surface area (Å²) in [6.07, 6.45) is 1.81. The third-order valence-corrected chi connectivity index (χ3v) is 9.62. The predicted octanol–water partition coefficient (Wildman–Crippen LogP) is 5.90. The van der Waals surface area contributed by atoms with Crippen LogP contribution in [-0.4, -0.2) is 34.4 Å². The Morgan fingerprint density at radius 2 is 1.63 bits per heavy atom. The minimum absolute atomic E-state index is 0.0502. The zero-order chi connectivity index (χ0) is 25.0. The summed E-state index contributed by atoms with van der Waals surface area (Å²) in [6.45, 7) is 0.0502. The molecule has 0 aliphatic rings. The van der Waals surface area contributed by atoms with Crippen LogP contribution in [0.25, 0.3) is 22.3 Å². The number of methoxy groups -OCH3 is 1. The Hall–Kier alpha value is -3.11. The molecule has 4 rings (SSSR count). The van der Waals surface area contributed by atoms with Crippen molar-refractivity contribution < 1.29 is 17.9 Å². The van der Waals surface area contributed by atoms with Crippen molar-refractivity contribution in [2.45, 2.75) is 14.0 Å². The third kappa shape index (κ3) is 5.13. The van der Waals surface area contributed by atoms with Crippen LogP contribution in [-0.2, 0) is 14.6 Å². The number of benzene rings is 3. The first kappa shape index (κ1) is 25.0. The van der Waals surface area contributed by atoms with Gasteiger partial charge in [-0.1, -0.05) is 60.7 Å². The highest BCUT2D eigenvalue weighted by atomic mass is 32.2. The first-order valence-corrected chi connectivity index (χ1v) is 14.1. The standard InChI is InChI=1S/C26H24N2O4S3/c1-31-16-32-24-20(17-8-4-3-5-9-17)12-7-13-21(24)18-10-6-11-19(14-18)35(29,30)23-15-22(25(27)28)34-26(23)33-2/h3-15H,16H2,1-2H3,(H3,27,28). The normalized spacial score (nSPS) is 11.4. The molecule has 0 spiro atoms. The Morgan fingerprint density at radius 3 is 2.29 bits per heavy atom. The summed E-state index contributed by atoms with van der Waals surface area (Å²) >= 11 is 2.52. The number of para-hydroxylation sites is 1. The van der Waals surface area contributed by atoms with Gasteiger partial charge in [-0.25, -0.2) is 8.42 Å². The lowest BCUT2D eigenvalue weighted by atomic mass is 9.97. The number of thioether (sulfide) groups is 1. The Morgan fingerprint density at radius 1 is 0.971 bits per heavy atom. The molecule has 0 saturated carbocycles. The summed E-state index contributed by atoms with van der Waals surface area (Å²) in [5.74, 6) is 0.451. The molecule has 4 aromatic rings. The molecule has 0 bridgehead atoms. The van der Waals surface area contributed by atoms with Gasteiger partial charge < -0.3 is 15.2 Å². The Kier molecular flexibility index (Phi) is 7.61. The van der Waals surface area contributed by atoms with Crippen LogP contribution < -0.4 is 10.5 Å². The van der Waals surface area contributed by atoms with E-state index < -0.39 is 9.84 Å². The number of amidine groups is 1. The number of hydrogen-bond donors (Lipinski definition) is 2. The van der Waals surface area contributed by atoms with Crippen LogP contribution in [0.5, 0.6) is 5.75 Å². The van der Waals surface area contributed by atoms with Gasteiger partial charge in [0.1, 0.15) is 11.6 Å². The monoisotopic (exact) mass is 524 g/mol. The molecule has 6 nitrogen and oxygen atoms in total. The van der Waals surface area contributed by atoms with E-state index in [2.05, 4.69) is 0 Å². The summed E-state index contributed by atoms with van der Waals surface area (Å²) in [4.78, 5) is 0.738. The second-order valence-corrected chi connectivity index (χ2v) is 11.6. The second-order valence-electron chi connectivity index (χ2n) is 7.51. The molecule has 1 aromatic heterocycles. The largest absolute Gasteiger partial charge is 0.466 e. The van der Waals surface area contributed by atoms with Crippen molar-refractivity contribution in [1.29, 1.82) is 5.41 Å². The maximum Gasteiger partial charge on any atom is 0.208 e. The highest BCUT2D eigenvalue weighted by Gasteiger charge is 2.25. The molecule has 180 valence electrons. The van der Waals surface area contributed by atoms with Gasteiger partial charge >= 0.3 is 0 Å². The van der Waals surface area contributed by atoms with Gasteiger partial charge in [0.2, 0.25) is 9.84 Å². The topological polar surface area (TPSA) is 102 Å². The molecule has 35 heavy (non-hydrogen) atoms. The van der Waals surface area contributed by atoms with Crippen molar-refractivity contribution in [2.75, 3.05) is 20.2 Å². The van der Waals surface area contributed by atoms with Crippen molar-refractivity contribution in [3.8, 4) is 28.0 Å². The van der Waals surface area contributed by atoms with E-state index in [1.165, 1.54) is 29.2 Å². The molecule has 0 saturated heterocycles. The van der Waals surface area contributed by atoms with Gasteiger partial charge in [-0.05, 0) is 35.6 Å². The first-order valence-electron chi connectivity index (χ1n) is 10.5. The van der Waals surface area contributed by atoms with Gasteiger partial charge in [-0.2, -0.15) is 0 Å². The highest BCUT2D eigenvalue weighted by molar-refractivity contribution is 8.01. The van der Waals surface area contributed by atoms with Gasteiger partial charge in [0, 0.05) is 18.2 Å². The van der Waals surface area contributed by atoms with E-state index in [-0.39, 0.29) is 22.4 Å². The summed E-state index contributed by atoms with van der Waals surface area (Å²) in [5.41, 5.74) is 8.92. The van der Waals surface area contributed by atoms with Crippen LogP contribution in [0, 0.1) is 5.41 Å². The van der Waals surface area contributed by atoms with Crippen molar-refractivity contribution in [3.63, 3.8) is 0 Å². The molecular weight excluding hydrogens is 500 g/mol. The highest BCUT2D eigenvalue weighted by Crippen LogP contribution is 2.41. The quantitative estimate of drug-likeness (QED) is 0.122. The average molecular weight is 525 g/mol. The molecular formula is C26H24N2O4S3. The Bertz CT molecular complexity index is 1470. The van der Waals surface area contributed by atoms with Gasteiger partial charge in [0.05, 0.1) is 18.9 Å². The fraction of sp³-hybridized carbons (Fsp3) is 0.115. The number of hydrogen-bond acceptors (Lipinski definition) is 7. The number of thiophene rings is 1. The van der Waals surface area contributed by atoms with Crippen molar-refractivity contribution in [2.24, 2.45) is 5.73 Å². The molecule has 0 fully saturated rings. The summed E-state index contributed by atoms with van der Waals surface area (Å²) < 4.78 is 39.0. The predicted molar refractivity (Wildman–Crippen MR) is 142 cm³/mol. The number of nitrogens with one attached hydrogen (secondary N) is 1. The fourth-order valence-electron chi connectivity index (χ4n) is 3.66. The van der Waals surface area contributed by atoms with Crippen LogP contribution in [0.15, 0.2) is 92.9 Å². The molecule has 0 radical (unpaired) electrons. The van der Waals surface area contributed by atoms with E-state index >= 15 is 0 Å². The lowest BCUT2D eigenvalue weighted by Crippen LogP contribution is -2.08. The van der Waals surface area contributed by atoms with Gasteiger partial charge in [-0.3, -0.25) is 5.41 Å². The van der Waals surface area contributed by atoms with Gasteiger partial charge in [0.15, 0.2) is 6.79 Å². The zero-order valence-electron chi connectivity index (χ0n) is 19.1. The van der Waals surface area contributed by atoms with Crippen LogP contribution in [0.2, 0.25) is 0 Å². The molecule has 3 aromatic carbocycles. The van der Waals surface area contributed by atoms with Crippen molar-refractivity contribution in [1.82, 2.24) is 0 Å². The van der Waals surface area contributed by atoms with Crippen LogP contribution >= 0.6 is 23.1 Å². The van der Waals surface area contributed by atoms with E-state index in [4.69, 9.17) is 20.6 Å².